The fourth-order valence-electron chi connectivity index (χ4n) is 2.29. The highest BCUT2D eigenvalue weighted by Crippen LogP contribution is 2.23. The fraction of sp³-hybridized carbons (Fsp3) is 0.316. The van der Waals surface area contributed by atoms with Crippen LogP contribution in [0.4, 0.5) is 4.39 Å². The number of nitriles is 1. The molecule has 114 valence electrons. The summed E-state index contributed by atoms with van der Waals surface area (Å²) in [6, 6.07) is 16.5. The van der Waals surface area contributed by atoms with Crippen LogP contribution in [0.1, 0.15) is 43.2 Å². The summed E-state index contributed by atoms with van der Waals surface area (Å²) in [6.45, 7) is 4.66. The number of benzene rings is 2. The molecule has 0 saturated carbocycles. The number of ether oxygens (including phenoxy) is 1. The Kier molecular flexibility index (Phi) is 5.55. The van der Waals surface area contributed by atoms with E-state index in [1.165, 1.54) is 11.6 Å². The normalized spacial score (nSPS) is 12.0. The van der Waals surface area contributed by atoms with E-state index in [1.807, 2.05) is 24.3 Å². The first-order valence-electron chi connectivity index (χ1n) is 7.48. The third-order valence-electron chi connectivity index (χ3n) is 3.66. The topological polar surface area (TPSA) is 33.0 Å². The second-order valence-electron chi connectivity index (χ2n) is 5.56. The van der Waals surface area contributed by atoms with Gasteiger partial charge >= 0.3 is 0 Å². The van der Waals surface area contributed by atoms with E-state index in [0.29, 0.717) is 24.5 Å². The Balaban J connectivity index is 1.92. The van der Waals surface area contributed by atoms with Crippen molar-refractivity contribution < 1.29 is 9.13 Å². The Hall–Kier alpha value is -2.34. The molecular weight excluding hydrogens is 277 g/mol. The van der Waals surface area contributed by atoms with Crippen molar-refractivity contribution >= 4 is 0 Å². The van der Waals surface area contributed by atoms with Crippen LogP contribution >= 0.6 is 0 Å². The van der Waals surface area contributed by atoms with Crippen molar-refractivity contribution in [1.82, 2.24) is 0 Å². The van der Waals surface area contributed by atoms with Crippen molar-refractivity contribution in [3.05, 3.63) is 65.5 Å². The maximum Gasteiger partial charge on any atom is 0.127 e. The van der Waals surface area contributed by atoms with Gasteiger partial charge in [-0.1, -0.05) is 44.2 Å². The van der Waals surface area contributed by atoms with Gasteiger partial charge in [0.05, 0.1) is 18.6 Å². The zero-order valence-electron chi connectivity index (χ0n) is 12.9. The fourth-order valence-corrected chi connectivity index (χ4v) is 2.29. The first-order valence-corrected chi connectivity index (χ1v) is 7.48. The van der Waals surface area contributed by atoms with Crippen LogP contribution in [0.5, 0.6) is 5.75 Å². The van der Waals surface area contributed by atoms with Crippen molar-refractivity contribution in [1.29, 1.82) is 5.26 Å². The molecule has 0 saturated heterocycles. The van der Waals surface area contributed by atoms with Crippen LogP contribution < -0.4 is 4.74 Å². The summed E-state index contributed by atoms with van der Waals surface area (Å²) in [5, 5.41) is 9.23. The molecule has 0 fully saturated rings. The minimum absolute atomic E-state index is 0.338. The molecule has 0 aliphatic carbocycles. The van der Waals surface area contributed by atoms with Crippen LogP contribution in [0.2, 0.25) is 0 Å². The molecule has 0 aromatic heterocycles. The van der Waals surface area contributed by atoms with Crippen LogP contribution in [-0.4, -0.2) is 6.61 Å². The van der Waals surface area contributed by atoms with Gasteiger partial charge in [-0.3, -0.25) is 0 Å². The lowest BCUT2D eigenvalue weighted by molar-refractivity contribution is 0.305. The van der Waals surface area contributed by atoms with Crippen LogP contribution in [0, 0.1) is 17.1 Å². The zero-order valence-corrected chi connectivity index (χ0v) is 12.9. The number of rotatable bonds is 6. The number of nitrogens with zero attached hydrogens (tertiary/aromatic N) is 1. The SMILES string of the molecule is CC(C)c1ccc(OCCC(C#N)c2ccccc2F)cc1. The number of hydrogen-bond donors (Lipinski definition) is 0. The summed E-state index contributed by atoms with van der Waals surface area (Å²) < 4.78 is 19.4. The molecule has 0 spiro atoms. The molecule has 2 aromatic rings. The van der Waals surface area contributed by atoms with E-state index >= 15 is 0 Å². The largest absolute Gasteiger partial charge is 0.494 e. The van der Waals surface area contributed by atoms with Crippen LogP contribution in [0.3, 0.4) is 0 Å². The molecule has 2 aromatic carbocycles. The summed E-state index contributed by atoms with van der Waals surface area (Å²) in [5.74, 6) is 0.430. The maximum atomic E-state index is 13.7. The third kappa shape index (κ3) is 4.08. The van der Waals surface area contributed by atoms with Crippen molar-refractivity contribution in [2.75, 3.05) is 6.61 Å². The van der Waals surface area contributed by atoms with Crippen LogP contribution in [-0.2, 0) is 0 Å². The molecule has 1 unspecified atom stereocenters. The van der Waals surface area contributed by atoms with Gasteiger partial charge in [-0.25, -0.2) is 4.39 Å². The highest BCUT2D eigenvalue weighted by Gasteiger charge is 2.14. The van der Waals surface area contributed by atoms with Gasteiger partial charge in [0.25, 0.3) is 0 Å². The van der Waals surface area contributed by atoms with E-state index < -0.39 is 5.92 Å². The summed E-state index contributed by atoms with van der Waals surface area (Å²) in [5.41, 5.74) is 1.69. The Morgan fingerprint density at radius 2 is 1.77 bits per heavy atom. The Morgan fingerprint density at radius 3 is 2.36 bits per heavy atom. The summed E-state index contributed by atoms with van der Waals surface area (Å²) >= 11 is 0. The van der Waals surface area contributed by atoms with Gasteiger partial charge < -0.3 is 4.74 Å². The summed E-state index contributed by atoms with van der Waals surface area (Å²) in [6.07, 6.45) is 0.462. The summed E-state index contributed by atoms with van der Waals surface area (Å²) in [4.78, 5) is 0. The van der Waals surface area contributed by atoms with E-state index in [9.17, 15) is 9.65 Å². The zero-order chi connectivity index (χ0) is 15.9. The van der Waals surface area contributed by atoms with Gasteiger partial charge in [0.1, 0.15) is 11.6 Å². The lowest BCUT2D eigenvalue weighted by Crippen LogP contribution is -2.06. The van der Waals surface area contributed by atoms with Gasteiger partial charge in [0.15, 0.2) is 0 Å². The Labute approximate surface area is 131 Å². The van der Waals surface area contributed by atoms with Crippen molar-refractivity contribution in [2.24, 2.45) is 0 Å². The van der Waals surface area contributed by atoms with Gasteiger partial charge in [0, 0.05) is 12.0 Å². The van der Waals surface area contributed by atoms with Gasteiger partial charge in [0.2, 0.25) is 0 Å². The highest BCUT2D eigenvalue weighted by atomic mass is 19.1. The predicted octanol–water partition coefficient (Wildman–Crippen LogP) is 5.03. The molecule has 0 aliphatic rings. The first kappa shape index (κ1) is 16.0. The second-order valence-corrected chi connectivity index (χ2v) is 5.56. The van der Waals surface area contributed by atoms with Crippen molar-refractivity contribution in [3.63, 3.8) is 0 Å². The maximum absolute atomic E-state index is 13.7. The van der Waals surface area contributed by atoms with Crippen LogP contribution in [0.25, 0.3) is 0 Å². The smallest absolute Gasteiger partial charge is 0.127 e. The first-order chi connectivity index (χ1) is 10.6. The molecule has 3 heteroatoms. The van der Waals surface area contributed by atoms with Crippen molar-refractivity contribution in [3.8, 4) is 11.8 Å². The van der Waals surface area contributed by atoms with Gasteiger partial charge in [-0.15, -0.1) is 0 Å². The lowest BCUT2D eigenvalue weighted by atomic mass is 9.97. The number of hydrogen-bond acceptors (Lipinski definition) is 2. The van der Waals surface area contributed by atoms with Gasteiger partial charge in [-0.05, 0) is 29.7 Å². The van der Waals surface area contributed by atoms with E-state index in [-0.39, 0.29) is 5.82 Å². The molecule has 2 nitrogen and oxygen atoms in total. The summed E-state index contributed by atoms with van der Waals surface area (Å²) in [7, 11) is 0. The molecule has 0 radical (unpaired) electrons. The predicted molar refractivity (Wildman–Crippen MR) is 85.4 cm³/mol. The Morgan fingerprint density at radius 1 is 1.09 bits per heavy atom. The second kappa shape index (κ2) is 7.61. The number of halogens is 1. The Bertz CT molecular complexity index is 643. The minimum Gasteiger partial charge on any atom is -0.494 e. The van der Waals surface area contributed by atoms with Gasteiger partial charge in [-0.2, -0.15) is 5.26 Å². The molecule has 2 rings (SSSR count). The quantitative estimate of drug-likeness (QED) is 0.749. The molecule has 0 bridgehead atoms. The lowest BCUT2D eigenvalue weighted by Gasteiger charge is -2.12. The van der Waals surface area contributed by atoms with E-state index in [0.717, 1.165) is 5.75 Å². The monoisotopic (exact) mass is 297 g/mol. The molecule has 22 heavy (non-hydrogen) atoms. The molecular formula is C19H20FNO. The molecule has 0 heterocycles. The standard InChI is InChI=1S/C19H20FNO/c1-14(2)15-7-9-17(10-8-15)22-12-11-16(13-21)18-5-3-4-6-19(18)20/h3-10,14,16H,11-12H2,1-2H3. The van der Waals surface area contributed by atoms with Crippen LogP contribution in [0.15, 0.2) is 48.5 Å². The average Bonchev–Trinajstić information content (AvgIpc) is 2.53. The average molecular weight is 297 g/mol. The highest BCUT2D eigenvalue weighted by molar-refractivity contribution is 5.29. The van der Waals surface area contributed by atoms with Crippen molar-refractivity contribution in [2.45, 2.75) is 32.1 Å². The van der Waals surface area contributed by atoms with E-state index in [2.05, 4.69) is 19.9 Å². The molecule has 1 atom stereocenters. The molecule has 0 aliphatic heterocycles. The van der Waals surface area contributed by atoms with E-state index in [4.69, 9.17) is 4.74 Å². The molecule has 0 amide bonds. The van der Waals surface area contributed by atoms with E-state index in [1.54, 1.807) is 18.2 Å². The minimum atomic E-state index is -0.490. The third-order valence-corrected chi connectivity index (χ3v) is 3.66. The molecule has 0 N–H and O–H groups in total.